The van der Waals surface area contributed by atoms with Crippen molar-refractivity contribution in [1.29, 1.82) is 0 Å². The highest BCUT2D eigenvalue weighted by molar-refractivity contribution is 4.78. The topological polar surface area (TPSA) is 32.3 Å². The van der Waals surface area contributed by atoms with Crippen LogP contribution in [0.4, 0.5) is 0 Å². The predicted octanol–water partition coefficient (Wildman–Crippen LogP) is 0.223. The molecule has 2 nitrogen and oxygen atoms in total. The summed E-state index contributed by atoms with van der Waals surface area (Å²) in [6.07, 6.45) is -0.0914. The van der Waals surface area contributed by atoms with Crippen LogP contribution in [0, 0.1) is 11.8 Å². The molecule has 9 heavy (non-hydrogen) atoms. The molecule has 1 aliphatic rings. The van der Waals surface area contributed by atoms with Crippen molar-refractivity contribution in [2.24, 2.45) is 11.8 Å². The second kappa shape index (κ2) is 2.67. The normalized spacial score (nSPS) is 45.0. The maximum absolute atomic E-state index is 9.41. The molecule has 1 unspecified atom stereocenters. The molecule has 0 aromatic carbocycles. The third-order valence-electron chi connectivity index (χ3n) is 2.10. The van der Waals surface area contributed by atoms with Crippen molar-refractivity contribution in [3.63, 3.8) is 0 Å². The molecule has 2 heteroatoms. The molecule has 0 aromatic rings. The van der Waals surface area contributed by atoms with Crippen molar-refractivity contribution in [2.75, 3.05) is 13.1 Å². The van der Waals surface area contributed by atoms with Crippen LogP contribution in [-0.2, 0) is 0 Å². The van der Waals surface area contributed by atoms with Gasteiger partial charge in [0.15, 0.2) is 0 Å². The third-order valence-corrected chi connectivity index (χ3v) is 2.10. The van der Waals surface area contributed by atoms with E-state index in [-0.39, 0.29) is 6.10 Å². The average molecular weight is 129 g/mol. The molecule has 54 valence electrons. The van der Waals surface area contributed by atoms with E-state index in [0.717, 1.165) is 13.1 Å². The summed E-state index contributed by atoms with van der Waals surface area (Å²) < 4.78 is 0. The summed E-state index contributed by atoms with van der Waals surface area (Å²) in [4.78, 5) is 0. The van der Waals surface area contributed by atoms with Gasteiger partial charge in [0.25, 0.3) is 0 Å². The van der Waals surface area contributed by atoms with Crippen LogP contribution >= 0.6 is 0 Å². The van der Waals surface area contributed by atoms with E-state index in [2.05, 4.69) is 19.2 Å². The smallest absolute Gasteiger partial charge is 0.0615 e. The van der Waals surface area contributed by atoms with Crippen molar-refractivity contribution in [2.45, 2.75) is 20.0 Å². The van der Waals surface area contributed by atoms with Gasteiger partial charge in [-0.3, -0.25) is 0 Å². The lowest BCUT2D eigenvalue weighted by atomic mass is 9.90. The Kier molecular flexibility index (Phi) is 2.09. The number of piperidine rings is 1. The summed E-state index contributed by atoms with van der Waals surface area (Å²) in [6, 6.07) is 0. The van der Waals surface area contributed by atoms with Gasteiger partial charge in [0, 0.05) is 13.1 Å². The highest BCUT2D eigenvalue weighted by Crippen LogP contribution is 2.15. The van der Waals surface area contributed by atoms with Crippen LogP contribution < -0.4 is 5.32 Å². The van der Waals surface area contributed by atoms with E-state index in [1.54, 1.807) is 0 Å². The van der Waals surface area contributed by atoms with Gasteiger partial charge in [-0.2, -0.15) is 0 Å². The second-order valence-electron chi connectivity index (χ2n) is 3.10. The fourth-order valence-corrected chi connectivity index (χ4v) is 1.34. The van der Waals surface area contributed by atoms with Gasteiger partial charge >= 0.3 is 0 Å². The minimum Gasteiger partial charge on any atom is -0.392 e. The summed E-state index contributed by atoms with van der Waals surface area (Å²) in [7, 11) is 0. The van der Waals surface area contributed by atoms with E-state index in [1.807, 2.05) is 0 Å². The Bertz CT molecular complexity index is 84.9. The summed E-state index contributed by atoms with van der Waals surface area (Å²) in [5.41, 5.74) is 0. The molecule has 0 saturated carbocycles. The zero-order valence-corrected chi connectivity index (χ0v) is 6.09. The lowest BCUT2D eigenvalue weighted by Crippen LogP contribution is -2.44. The molecule has 1 aliphatic heterocycles. The van der Waals surface area contributed by atoms with Crippen LogP contribution in [0.2, 0.25) is 0 Å². The molecule has 1 fully saturated rings. The maximum Gasteiger partial charge on any atom is 0.0615 e. The molecular weight excluding hydrogens is 114 g/mol. The summed E-state index contributed by atoms with van der Waals surface area (Å²) in [5.74, 6) is 0.850. The first kappa shape index (κ1) is 7.03. The Balaban J connectivity index is 2.41. The number of nitrogens with one attached hydrogen (secondary N) is 1. The standard InChI is InChI=1S/C7H15NO/c1-5-3-8-4-6(2)7(5)9/h5-9H,3-4H2,1-2H3/t5-,6+,7?. The molecule has 0 aromatic heterocycles. The molecule has 0 aliphatic carbocycles. The minimum absolute atomic E-state index is 0.0914. The first-order chi connectivity index (χ1) is 4.22. The zero-order valence-electron chi connectivity index (χ0n) is 6.09. The van der Waals surface area contributed by atoms with E-state index in [0.29, 0.717) is 11.8 Å². The molecule has 1 rings (SSSR count). The zero-order chi connectivity index (χ0) is 6.85. The fourth-order valence-electron chi connectivity index (χ4n) is 1.34. The molecule has 0 spiro atoms. The average Bonchev–Trinajstić information content (AvgIpc) is 1.83. The summed E-state index contributed by atoms with van der Waals surface area (Å²) in [5, 5.41) is 12.7. The number of aliphatic hydroxyl groups is 1. The molecule has 3 atom stereocenters. The van der Waals surface area contributed by atoms with Gasteiger partial charge in [-0.15, -0.1) is 0 Å². The number of rotatable bonds is 0. The van der Waals surface area contributed by atoms with Crippen LogP contribution in [0.1, 0.15) is 13.8 Å². The first-order valence-corrected chi connectivity index (χ1v) is 3.60. The van der Waals surface area contributed by atoms with Crippen molar-refractivity contribution < 1.29 is 5.11 Å². The van der Waals surface area contributed by atoms with E-state index in [9.17, 15) is 5.11 Å². The van der Waals surface area contributed by atoms with Gasteiger partial charge in [0.1, 0.15) is 0 Å². The fraction of sp³-hybridized carbons (Fsp3) is 1.00. The summed E-state index contributed by atoms with van der Waals surface area (Å²) >= 11 is 0. The molecule has 0 radical (unpaired) electrons. The molecular formula is C7H15NO. The van der Waals surface area contributed by atoms with Crippen LogP contribution in [0.3, 0.4) is 0 Å². The third kappa shape index (κ3) is 1.43. The van der Waals surface area contributed by atoms with E-state index >= 15 is 0 Å². The lowest BCUT2D eigenvalue weighted by Gasteiger charge is -2.30. The molecule has 0 amide bonds. The number of hydrogen-bond acceptors (Lipinski definition) is 2. The Morgan fingerprint density at radius 2 is 1.67 bits per heavy atom. The van der Waals surface area contributed by atoms with Crippen LogP contribution in [0.5, 0.6) is 0 Å². The predicted molar refractivity (Wildman–Crippen MR) is 37.2 cm³/mol. The van der Waals surface area contributed by atoms with Gasteiger partial charge in [-0.1, -0.05) is 13.8 Å². The van der Waals surface area contributed by atoms with Gasteiger partial charge in [0.05, 0.1) is 6.10 Å². The Labute approximate surface area is 56.3 Å². The van der Waals surface area contributed by atoms with Crippen LogP contribution in [0.25, 0.3) is 0 Å². The van der Waals surface area contributed by atoms with Crippen molar-refractivity contribution >= 4 is 0 Å². The lowest BCUT2D eigenvalue weighted by molar-refractivity contribution is 0.0434. The SMILES string of the molecule is C[C@@H]1CNC[C@H](C)C1O. The Morgan fingerprint density at radius 3 is 2.00 bits per heavy atom. The summed E-state index contributed by atoms with van der Waals surface area (Å²) in [6.45, 7) is 6.08. The van der Waals surface area contributed by atoms with Crippen LogP contribution in [0.15, 0.2) is 0 Å². The van der Waals surface area contributed by atoms with Crippen molar-refractivity contribution in [3.05, 3.63) is 0 Å². The Morgan fingerprint density at radius 1 is 1.22 bits per heavy atom. The Hall–Kier alpha value is -0.0800. The highest BCUT2D eigenvalue weighted by Gasteiger charge is 2.24. The number of aliphatic hydroxyl groups excluding tert-OH is 1. The minimum atomic E-state index is -0.0914. The van der Waals surface area contributed by atoms with E-state index in [1.165, 1.54) is 0 Å². The van der Waals surface area contributed by atoms with Crippen molar-refractivity contribution in [1.82, 2.24) is 5.32 Å². The van der Waals surface area contributed by atoms with Gasteiger partial charge in [-0.05, 0) is 11.8 Å². The van der Waals surface area contributed by atoms with E-state index in [4.69, 9.17) is 0 Å². The van der Waals surface area contributed by atoms with Gasteiger partial charge in [0.2, 0.25) is 0 Å². The second-order valence-corrected chi connectivity index (χ2v) is 3.10. The number of hydrogen-bond donors (Lipinski definition) is 2. The molecule has 1 saturated heterocycles. The maximum atomic E-state index is 9.41. The largest absolute Gasteiger partial charge is 0.392 e. The molecule has 1 heterocycles. The van der Waals surface area contributed by atoms with Crippen LogP contribution in [-0.4, -0.2) is 24.3 Å². The monoisotopic (exact) mass is 129 g/mol. The molecule has 2 N–H and O–H groups in total. The first-order valence-electron chi connectivity index (χ1n) is 3.60. The van der Waals surface area contributed by atoms with Crippen molar-refractivity contribution in [3.8, 4) is 0 Å². The highest BCUT2D eigenvalue weighted by atomic mass is 16.3. The van der Waals surface area contributed by atoms with E-state index < -0.39 is 0 Å². The van der Waals surface area contributed by atoms with Gasteiger partial charge < -0.3 is 10.4 Å². The molecule has 0 bridgehead atoms. The quantitative estimate of drug-likeness (QED) is 0.490. The van der Waals surface area contributed by atoms with Gasteiger partial charge in [-0.25, -0.2) is 0 Å².